The Morgan fingerprint density at radius 1 is 1.50 bits per heavy atom. The Balaban J connectivity index is 2.66. The summed E-state index contributed by atoms with van der Waals surface area (Å²) in [6.45, 7) is 6.27. The SMILES string of the molecule is Cc1c(C(N)=O)c(Br)c(C(C)C)n1C1CC1. The molecule has 2 N–H and O–H groups in total. The van der Waals surface area contributed by atoms with Gasteiger partial charge < -0.3 is 10.3 Å². The molecule has 0 bridgehead atoms. The fraction of sp³-hybridized carbons (Fsp3) is 0.583. The van der Waals surface area contributed by atoms with E-state index in [1.54, 1.807) is 0 Å². The van der Waals surface area contributed by atoms with Crippen molar-refractivity contribution in [2.45, 2.75) is 45.6 Å². The number of nitrogens with zero attached hydrogens (tertiary/aromatic N) is 1. The van der Waals surface area contributed by atoms with Crippen molar-refractivity contribution in [2.24, 2.45) is 5.73 Å². The number of rotatable bonds is 3. The van der Waals surface area contributed by atoms with Crippen LogP contribution < -0.4 is 5.73 Å². The molecule has 1 aromatic rings. The zero-order chi connectivity index (χ0) is 12.0. The first-order valence-corrected chi connectivity index (χ1v) is 6.44. The summed E-state index contributed by atoms with van der Waals surface area (Å²) in [6.07, 6.45) is 2.42. The van der Waals surface area contributed by atoms with Gasteiger partial charge in [0.25, 0.3) is 5.91 Å². The predicted octanol–water partition coefficient (Wildman–Crippen LogP) is 3.12. The molecule has 0 unspecified atom stereocenters. The lowest BCUT2D eigenvalue weighted by Gasteiger charge is -2.13. The van der Waals surface area contributed by atoms with Gasteiger partial charge in [-0.3, -0.25) is 4.79 Å². The Morgan fingerprint density at radius 3 is 2.44 bits per heavy atom. The molecule has 1 aromatic heterocycles. The number of amides is 1. The van der Waals surface area contributed by atoms with Gasteiger partial charge in [-0.15, -0.1) is 0 Å². The minimum Gasteiger partial charge on any atom is -0.366 e. The van der Waals surface area contributed by atoms with Gasteiger partial charge in [-0.1, -0.05) is 13.8 Å². The molecule has 1 amide bonds. The van der Waals surface area contributed by atoms with Gasteiger partial charge in [-0.05, 0) is 41.6 Å². The lowest BCUT2D eigenvalue weighted by molar-refractivity contribution is 0.0999. The Morgan fingerprint density at radius 2 is 2.06 bits per heavy atom. The van der Waals surface area contributed by atoms with Gasteiger partial charge in [0.1, 0.15) is 0 Å². The van der Waals surface area contributed by atoms with Gasteiger partial charge >= 0.3 is 0 Å². The molecule has 0 spiro atoms. The van der Waals surface area contributed by atoms with Crippen molar-refractivity contribution in [2.75, 3.05) is 0 Å². The molecule has 1 fully saturated rings. The largest absolute Gasteiger partial charge is 0.366 e. The number of halogens is 1. The topological polar surface area (TPSA) is 48.0 Å². The number of aromatic nitrogens is 1. The highest BCUT2D eigenvalue weighted by atomic mass is 79.9. The van der Waals surface area contributed by atoms with Crippen LogP contribution in [0.5, 0.6) is 0 Å². The normalized spacial score (nSPS) is 15.8. The summed E-state index contributed by atoms with van der Waals surface area (Å²) >= 11 is 3.53. The lowest BCUT2D eigenvalue weighted by Crippen LogP contribution is -2.12. The van der Waals surface area contributed by atoms with Gasteiger partial charge in [0.05, 0.1) is 10.0 Å². The van der Waals surface area contributed by atoms with Crippen molar-refractivity contribution in [3.05, 3.63) is 21.4 Å². The molecule has 0 saturated heterocycles. The maximum absolute atomic E-state index is 11.5. The fourth-order valence-electron chi connectivity index (χ4n) is 2.32. The van der Waals surface area contributed by atoms with E-state index >= 15 is 0 Å². The van der Waals surface area contributed by atoms with Crippen LogP contribution in [0.4, 0.5) is 0 Å². The third kappa shape index (κ3) is 1.69. The lowest BCUT2D eigenvalue weighted by atomic mass is 10.1. The average molecular weight is 285 g/mol. The summed E-state index contributed by atoms with van der Waals surface area (Å²) in [5, 5.41) is 0. The minimum atomic E-state index is -0.342. The number of carbonyl (C=O) groups excluding carboxylic acids is 1. The van der Waals surface area contributed by atoms with Gasteiger partial charge in [0.2, 0.25) is 0 Å². The first-order valence-electron chi connectivity index (χ1n) is 5.65. The molecule has 88 valence electrons. The van der Waals surface area contributed by atoms with Crippen molar-refractivity contribution in [1.82, 2.24) is 4.57 Å². The molecule has 2 rings (SSSR count). The number of hydrogen-bond acceptors (Lipinski definition) is 1. The van der Waals surface area contributed by atoms with E-state index in [4.69, 9.17) is 5.73 Å². The highest BCUT2D eigenvalue weighted by Gasteiger charge is 2.32. The molecule has 16 heavy (non-hydrogen) atoms. The van der Waals surface area contributed by atoms with Crippen LogP contribution >= 0.6 is 15.9 Å². The predicted molar refractivity (Wildman–Crippen MR) is 67.7 cm³/mol. The average Bonchev–Trinajstić information content (AvgIpc) is 2.91. The van der Waals surface area contributed by atoms with E-state index in [9.17, 15) is 4.79 Å². The Hall–Kier alpha value is -0.770. The summed E-state index contributed by atoms with van der Waals surface area (Å²) in [5.74, 6) is 0.0486. The monoisotopic (exact) mass is 284 g/mol. The summed E-state index contributed by atoms with van der Waals surface area (Å²) in [5.41, 5.74) is 8.29. The molecule has 4 heteroatoms. The van der Waals surface area contributed by atoms with Gasteiger partial charge in [-0.2, -0.15) is 0 Å². The van der Waals surface area contributed by atoms with Crippen LogP contribution in [0.1, 0.15) is 60.4 Å². The molecule has 0 aromatic carbocycles. The second kappa shape index (κ2) is 3.91. The van der Waals surface area contributed by atoms with Crippen LogP contribution in [-0.4, -0.2) is 10.5 Å². The number of nitrogens with two attached hydrogens (primary N) is 1. The zero-order valence-corrected chi connectivity index (χ0v) is 11.5. The maximum Gasteiger partial charge on any atom is 0.251 e. The smallest absolute Gasteiger partial charge is 0.251 e. The number of hydrogen-bond donors (Lipinski definition) is 1. The molecule has 3 nitrogen and oxygen atoms in total. The number of primary amides is 1. The molecule has 0 atom stereocenters. The molecular weight excluding hydrogens is 268 g/mol. The third-order valence-electron chi connectivity index (χ3n) is 3.13. The standard InChI is InChI=1S/C12H17BrN2O/c1-6(2)11-10(13)9(12(14)16)7(3)15(11)8-4-5-8/h6,8H,4-5H2,1-3H3,(H2,14,16). The minimum absolute atomic E-state index is 0.342. The van der Waals surface area contributed by atoms with E-state index in [0.717, 1.165) is 10.2 Å². The van der Waals surface area contributed by atoms with Crippen molar-refractivity contribution in [1.29, 1.82) is 0 Å². The van der Waals surface area contributed by atoms with Crippen molar-refractivity contribution in [3.63, 3.8) is 0 Å². The van der Waals surface area contributed by atoms with E-state index in [1.165, 1.54) is 18.5 Å². The molecule has 0 aliphatic heterocycles. The van der Waals surface area contributed by atoms with Crippen LogP contribution in [0.15, 0.2) is 4.47 Å². The van der Waals surface area contributed by atoms with Gasteiger partial charge in [0, 0.05) is 17.4 Å². The van der Waals surface area contributed by atoms with E-state index in [1.807, 2.05) is 6.92 Å². The first-order chi connectivity index (χ1) is 7.45. The molecule has 1 aliphatic rings. The second-order valence-electron chi connectivity index (χ2n) is 4.78. The molecule has 1 heterocycles. The fourth-order valence-corrected chi connectivity index (χ4v) is 3.45. The van der Waals surface area contributed by atoms with Crippen molar-refractivity contribution < 1.29 is 4.79 Å². The quantitative estimate of drug-likeness (QED) is 0.911. The van der Waals surface area contributed by atoms with Gasteiger partial charge in [0.15, 0.2) is 0 Å². The highest BCUT2D eigenvalue weighted by molar-refractivity contribution is 9.10. The molecule has 1 aliphatic carbocycles. The molecule has 0 radical (unpaired) electrons. The number of carbonyl (C=O) groups is 1. The maximum atomic E-state index is 11.5. The van der Waals surface area contributed by atoms with E-state index in [2.05, 4.69) is 34.3 Å². The van der Waals surface area contributed by atoms with Crippen LogP contribution in [-0.2, 0) is 0 Å². The first kappa shape index (κ1) is 11.7. The Labute approximate surface area is 104 Å². The zero-order valence-electron chi connectivity index (χ0n) is 9.88. The summed E-state index contributed by atoms with van der Waals surface area (Å²) in [6, 6.07) is 0.571. The van der Waals surface area contributed by atoms with Crippen LogP contribution in [0, 0.1) is 6.92 Å². The van der Waals surface area contributed by atoms with Crippen LogP contribution in [0.25, 0.3) is 0 Å². The Kier molecular flexibility index (Phi) is 2.86. The summed E-state index contributed by atoms with van der Waals surface area (Å²) in [4.78, 5) is 11.5. The van der Waals surface area contributed by atoms with E-state index < -0.39 is 0 Å². The Bertz CT molecular complexity index is 419. The van der Waals surface area contributed by atoms with Crippen LogP contribution in [0.2, 0.25) is 0 Å². The molecule has 1 saturated carbocycles. The summed E-state index contributed by atoms with van der Waals surface area (Å²) < 4.78 is 3.17. The van der Waals surface area contributed by atoms with E-state index in [-0.39, 0.29) is 5.91 Å². The van der Waals surface area contributed by atoms with Gasteiger partial charge in [-0.25, -0.2) is 0 Å². The second-order valence-corrected chi connectivity index (χ2v) is 5.57. The summed E-state index contributed by atoms with van der Waals surface area (Å²) in [7, 11) is 0. The highest BCUT2D eigenvalue weighted by Crippen LogP contribution is 2.43. The van der Waals surface area contributed by atoms with Crippen molar-refractivity contribution in [3.8, 4) is 0 Å². The molecular formula is C12H17BrN2O. The van der Waals surface area contributed by atoms with Crippen molar-refractivity contribution >= 4 is 21.8 Å². The van der Waals surface area contributed by atoms with Crippen LogP contribution in [0.3, 0.4) is 0 Å². The van der Waals surface area contributed by atoms with E-state index in [0.29, 0.717) is 17.5 Å². The third-order valence-corrected chi connectivity index (χ3v) is 3.94.